The number of rotatable bonds is 4. The van der Waals surface area contributed by atoms with Crippen LogP contribution in [0, 0.1) is 5.82 Å². The number of hydrogen-bond donors (Lipinski definition) is 0. The zero-order valence-corrected chi connectivity index (χ0v) is 12.1. The molecule has 2 aromatic carbocycles. The molecule has 0 atom stereocenters. The van der Waals surface area contributed by atoms with Crippen LogP contribution in [0.5, 0.6) is 0 Å². The van der Waals surface area contributed by atoms with Gasteiger partial charge in [-0.15, -0.1) is 11.3 Å². The molecule has 0 aliphatic rings. The highest BCUT2D eigenvalue weighted by Gasteiger charge is 2.07. The summed E-state index contributed by atoms with van der Waals surface area (Å²) in [5.41, 5.74) is 1.83. The first-order valence-corrected chi connectivity index (χ1v) is 7.36. The Bertz CT molecular complexity index is 728. The average molecular weight is 307 g/mol. The molecule has 0 aliphatic carbocycles. The van der Waals surface area contributed by atoms with E-state index < -0.39 is 0 Å². The van der Waals surface area contributed by atoms with Crippen LogP contribution in [0.1, 0.15) is 0 Å². The first-order chi connectivity index (χ1) is 9.76. The molecule has 0 amide bonds. The maximum absolute atomic E-state index is 12.9. The van der Waals surface area contributed by atoms with Gasteiger partial charge in [-0.2, -0.15) is 4.33 Å². The summed E-state index contributed by atoms with van der Waals surface area (Å²) < 4.78 is 18.8. The number of nitrogens with zero attached hydrogens (tertiary/aromatic N) is 1. The molecule has 0 N–H and O–H groups in total. The molecule has 0 radical (unpaired) electrons. The quantitative estimate of drug-likeness (QED) is 0.397. The smallest absolute Gasteiger partial charge is 0.124 e. The molecule has 1 heterocycles. The molecule has 6 heteroatoms. The van der Waals surface area contributed by atoms with Crippen LogP contribution in [-0.2, 0) is 9.22 Å². The molecule has 0 saturated heterocycles. The van der Waals surface area contributed by atoms with Gasteiger partial charge >= 0.3 is 0 Å². The van der Waals surface area contributed by atoms with Crippen molar-refractivity contribution in [3.63, 3.8) is 0 Å². The highest BCUT2D eigenvalue weighted by atomic mass is 32.2. The second-order valence-electron chi connectivity index (χ2n) is 3.97. The molecule has 3 aromatic rings. The molecule has 1 aromatic heterocycles. The van der Waals surface area contributed by atoms with E-state index in [4.69, 9.17) is 4.33 Å². The summed E-state index contributed by atoms with van der Waals surface area (Å²) in [5.74, 6) is -0.245. The Morgan fingerprint density at radius 1 is 1.15 bits per heavy atom. The summed E-state index contributed by atoms with van der Waals surface area (Å²) in [5, 5.41) is 0.870. The molecule has 0 spiro atoms. The molecule has 0 unspecified atom stereocenters. The molecule has 3 rings (SSSR count). The Balaban J connectivity index is 1.95. The third kappa shape index (κ3) is 2.83. The van der Waals surface area contributed by atoms with Crippen molar-refractivity contribution in [2.75, 3.05) is 7.11 Å². The van der Waals surface area contributed by atoms with E-state index in [1.54, 1.807) is 23.5 Å². The summed E-state index contributed by atoms with van der Waals surface area (Å²) in [6, 6.07) is 12.2. The normalized spacial score (nSPS) is 11.1. The van der Waals surface area contributed by atoms with Crippen LogP contribution < -0.4 is 0 Å². The van der Waals surface area contributed by atoms with Crippen LogP contribution in [0.2, 0.25) is 0 Å². The van der Waals surface area contributed by atoms with Crippen LogP contribution in [0.4, 0.5) is 4.39 Å². The minimum atomic E-state index is -0.245. The van der Waals surface area contributed by atoms with E-state index in [9.17, 15) is 4.39 Å². The minimum Gasteiger partial charge on any atom is -0.236 e. The van der Waals surface area contributed by atoms with Crippen LogP contribution in [0.15, 0.2) is 47.4 Å². The van der Waals surface area contributed by atoms with Gasteiger partial charge in [0, 0.05) is 10.5 Å². The topological polar surface area (TPSA) is 31.4 Å². The Kier molecular flexibility index (Phi) is 3.98. The van der Waals surface area contributed by atoms with Crippen molar-refractivity contribution in [3.05, 3.63) is 48.3 Å². The van der Waals surface area contributed by atoms with Gasteiger partial charge in [-0.25, -0.2) is 14.3 Å². The second kappa shape index (κ2) is 5.88. The number of benzene rings is 2. The predicted molar refractivity (Wildman–Crippen MR) is 79.0 cm³/mol. The predicted octanol–water partition coefficient (Wildman–Crippen LogP) is 4.69. The number of aromatic nitrogens is 1. The maximum Gasteiger partial charge on any atom is 0.124 e. The monoisotopic (exact) mass is 307 g/mol. The minimum absolute atomic E-state index is 0.245. The van der Waals surface area contributed by atoms with Gasteiger partial charge in [0.25, 0.3) is 0 Å². The largest absolute Gasteiger partial charge is 0.236 e. The summed E-state index contributed by atoms with van der Waals surface area (Å²) in [7, 11) is 1.46. The zero-order valence-electron chi connectivity index (χ0n) is 10.5. The number of thiazole rings is 1. The molecule has 0 bridgehead atoms. The van der Waals surface area contributed by atoms with Gasteiger partial charge in [0.05, 0.1) is 29.4 Å². The molecule has 3 nitrogen and oxygen atoms in total. The number of halogens is 1. The zero-order chi connectivity index (χ0) is 13.9. The van der Waals surface area contributed by atoms with Crippen LogP contribution in [0.25, 0.3) is 20.8 Å². The van der Waals surface area contributed by atoms with Crippen LogP contribution >= 0.6 is 23.4 Å². The Labute approximate surface area is 123 Å². The average Bonchev–Trinajstić information content (AvgIpc) is 2.89. The summed E-state index contributed by atoms with van der Waals surface area (Å²) in [4.78, 5) is 10.0. The van der Waals surface area contributed by atoms with Crippen molar-refractivity contribution in [1.82, 2.24) is 4.98 Å². The first-order valence-electron chi connectivity index (χ1n) is 5.80. The van der Waals surface area contributed by atoms with E-state index in [2.05, 4.69) is 9.87 Å². The third-order valence-electron chi connectivity index (χ3n) is 2.65. The fourth-order valence-electron chi connectivity index (χ4n) is 1.75. The van der Waals surface area contributed by atoms with E-state index in [-0.39, 0.29) is 5.82 Å². The van der Waals surface area contributed by atoms with Gasteiger partial charge in [-0.3, -0.25) is 0 Å². The lowest BCUT2D eigenvalue weighted by Gasteiger charge is -1.97. The Hall–Kier alpha value is -1.47. The lowest BCUT2D eigenvalue weighted by molar-refractivity contribution is -0.160. The highest BCUT2D eigenvalue weighted by Crippen LogP contribution is 2.33. The molecule has 20 heavy (non-hydrogen) atoms. The molecule has 0 aliphatic heterocycles. The first kappa shape index (κ1) is 13.5. The van der Waals surface area contributed by atoms with E-state index in [0.717, 1.165) is 37.7 Å². The van der Waals surface area contributed by atoms with Gasteiger partial charge in [0.1, 0.15) is 10.8 Å². The maximum atomic E-state index is 12.9. The lowest BCUT2D eigenvalue weighted by atomic mass is 10.2. The number of fused-ring (bicyclic) bond motifs is 1. The van der Waals surface area contributed by atoms with E-state index in [0.29, 0.717) is 0 Å². The number of hydrogen-bond acceptors (Lipinski definition) is 5. The molecular formula is C14H10FNO2S2. The molecule has 0 fully saturated rings. The van der Waals surface area contributed by atoms with E-state index in [1.165, 1.54) is 19.2 Å². The van der Waals surface area contributed by atoms with E-state index in [1.807, 2.05) is 18.2 Å². The standard InChI is InChI=1S/C14H10FNO2S2/c1-17-18-20-11-6-7-12-13(8-11)19-14(16-12)9-2-4-10(15)5-3-9/h2-8H,1H3. The molecular weight excluding hydrogens is 297 g/mol. The Morgan fingerprint density at radius 2 is 1.95 bits per heavy atom. The summed E-state index contributed by atoms with van der Waals surface area (Å²) in [6.07, 6.45) is 0. The van der Waals surface area contributed by atoms with Gasteiger partial charge in [-0.05, 0) is 42.5 Å². The fraction of sp³-hybridized carbons (Fsp3) is 0.0714. The summed E-state index contributed by atoms with van der Waals surface area (Å²) in [6.45, 7) is 0. The van der Waals surface area contributed by atoms with Crippen LogP contribution in [0.3, 0.4) is 0 Å². The van der Waals surface area contributed by atoms with Crippen molar-refractivity contribution < 1.29 is 13.6 Å². The van der Waals surface area contributed by atoms with Crippen molar-refractivity contribution in [1.29, 1.82) is 0 Å². The fourth-order valence-corrected chi connectivity index (χ4v) is 3.27. The van der Waals surface area contributed by atoms with Crippen molar-refractivity contribution in [2.24, 2.45) is 0 Å². The van der Waals surface area contributed by atoms with Crippen molar-refractivity contribution in [3.8, 4) is 10.6 Å². The van der Waals surface area contributed by atoms with Crippen molar-refractivity contribution in [2.45, 2.75) is 4.90 Å². The van der Waals surface area contributed by atoms with E-state index >= 15 is 0 Å². The molecule has 102 valence electrons. The van der Waals surface area contributed by atoms with Gasteiger partial charge in [-0.1, -0.05) is 0 Å². The third-order valence-corrected chi connectivity index (χ3v) is 4.37. The molecule has 0 saturated carbocycles. The van der Waals surface area contributed by atoms with Gasteiger partial charge in [0.2, 0.25) is 0 Å². The van der Waals surface area contributed by atoms with Crippen LogP contribution in [-0.4, -0.2) is 12.1 Å². The van der Waals surface area contributed by atoms with Gasteiger partial charge < -0.3 is 0 Å². The lowest BCUT2D eigenvalue weighted by Crippen LogP contribution is -1.78. The van der Waals surface area contributed by atoms with Gasteiger partial charge in [0.15, 0.2) is 0 Å². The summed E-state index contributed by atoms with van der Waals surface area (Å²) >= 11 is 2.71. The van der Waals surface area contributed by atoms with Crippen molar-refractivity contribution >= 4 is 33.6 Å². The second-order valence-corrected chi connectivity index (χ2v) is 5.78. The SMILES string of the molecule is COOSc1ccc2nc(-c3ccc(F)cc3)sc2c1. The Morgan fingerprint density at radius 3 is 2.70 bits per heavy atom. The highest BCUT2D eigenvalue weighted by molar-refractivity contribution is 7.94.